The third kappa shape index (κ3) is 4.97. The van der Waals surface area contributed by atoms with Crippen LogP contribution in [0.2, 0.25) is 5.02 Å². The number of benzene rings is 2. The molecule has 1 amide bonds. The Balaban J connectivity index is 1.93. The molecule has 0 saturated carbocycles. The second-order valence-corrected chi connectivity index (χ2v) is 4.77. The molecule has 2 rings (SSSR count). The predicted octanol–water partition coefficient (Wildman–Crippen LogP) is 4.39. The fourth-order valence-electron chi connectivity index (χ4n) is 1.73. The van der Waals surface area contributed by atoms with E-state index in [1.807, 2.05) is 31.2 Å². The first-order valence-corrected chi connectivity index (χ1v) is 7.02. The summed E-state index contributed by atoms with van der Waals surface area (Å²) >= 11 is 5.80. The number of hydrogen-bond acceptors (Lipinski definition) is 2. The molecule has 0 unspecified atom stereocenters. The van der Waals surface area contributed by atoms with Crippen LogP contribution >= 0.6 is 11.6 Å². The van der Waals surface area contributed by atoms with E-state index in [0.29, 0.717) is 11.6 Å². The summed E-state index contributed by atoms with van der Waals surface area (Å²) in [6, 6.07) is 14.5. The van der Waals surface area contributed by atoms with Crippen LogP contribution < -0.4 is 10.1 Å². The van der Waals surface area contributed by atoms with Gasteiger partial charge in [0.25, 0.3) is 0 Å². The van der Waals surface area contributed by atoms with Crippen LogP contribution in [-0.4, -0.2) is 12.5 Å². The van der Waals surface area contributed by atoms with Crippen LogP contribution in [0.1, 0.15) is 12.5 Å². The van der Waals surface area contributed by atoms with Gasteiger partial charge in [-0.15, -0.1) is 0 Å². The molecule has 0 heterocycles. The topological polar surface area (TPSA) is 38.3 Å². The minimum atomic E-state index is -0.186. The Morgan fingerprint density at radius 1 is 1.14 bits per heavy atom. The third-order valence-electron chi connectivity index (χ3n) is 2.73. The SMILES string of the molecule is CCOc1ccc(NC(=O)C=Cc2ccc(Cl)cc2)cc1. The van der Waals surface area contributed by atoms with E-state index in [1.165, 1.54) is 6.08 Å². The molecular formula is C17H16ClNO2. The second kappa shape index (κ2) is 7.50. The highest BCUT2D eigenvalue weighted by molar-refractivity contribution is 6.30. The third-order valence-corrected chi connectivity index (χ3v) is 2.98. The van der Waals surface area contributed by atoms with E-state index in [-0.39, 0.29) is 5.91 Å². The van der Waals surface area contributed by atoms with Gasteiger partial charge in [0.15, 0.2) is 0 Å². The number of carbonyl (C=O) groups is 1. The molecule has 0 saturated heterocycles. The van der Waals surface area contributed by atoms with Gasteiger partial charge in [-0.2, -0.15) is 0 Å². The van der Waals surface area contributed by atoms with Gasteiger partial charge < -0.3 is 10.1 Å². The Bertz CT molecular complexity index is 618. The maximum atomic E-state index is 11.8. The van der Waals surface area contributed by atoms with Crippen LogP contribution in [0, 0.1) is 0 Å². The molecule has 0 aliphatic heterocycles. The monoisotopic (exact) mass is 301 g/mol. The number of hydrogen-bond donors (Lipinski definition) is 1. The number of ether oxygens (including phenoxy) is 1. The van der Waals surface area contributed by atoms with Crippen LogP contribution in [0.4, 0.5) is 5.69 Å². The molecule has 2 aromatic rings. The van der Waals surface area contributed by atoms with E-state index < -0.39 is 0 Å². The van der Waals surface area contributed by atoms with Crippen LogP contribution in [0.15, 0.2) is 54.6 Å². The van der Waals surface area contributed by atoms with Crippen molar-refractivity contribution in [2.45, 2.75) is 6.92 Å². The summed E-state index contributed by atoms with van der Waals surface area (Å²) in [4.78, 5) is 11.8. The van der Waals surface area contributed by atoms with Gasteiger partial charge in [0.2, 0.25) is 5.91 Å². The van der Waals surface area contributed by atoms with Crippen molar-refractivity contribution in [1.29, 1.82) is 0 Å². The molecule has 0 atom stereocenters. The van der Waals surface area contributed by atoms with Crippen LogP contribution in [0.5, 0.6) is 5.75 Å². The molecule has 0 fully saturated rings. The van der Waals surface area contributed by atoms with Crippen molar-refractivity contribution in [2.75, 3.05) is 11.9 Å². The van der Waals surface area contributed by atoms with E-state index in [1.54, 1.807) is 30.3 Å². The van der Waals surface area contributed by atoms with Gasteiger partial charge in [0.1, 0.15) is 5.75 Å². The van der Waals surface area contributed by atoms with E-state index in [2.05, 4.69) is 5.32 Å². The van der Waals surface area contributed by atoms with Crippen molar-refractivity contribution in [3.8, 4) is 5.75 Å². The lowest BCUT2D eigenvalue weighted by Gasteiger charge is -2.05. The summed E-state index contributed by atoms with van der Waals surface area (Å²) < 4.78 is 5.34. The zero-order chi connectivity index (χ0) is 15.1. The number of amides is 1. The van der Waals surface area contributed by atoms with Crippen molar-refractivity contribution in [1.82, 2.24) is 0 Å². The van der Waals surface area contributed by atoms with Crippen LogP contribution in [0.3, 0.4) is 0 Å². The predicted molar refractivity (Wildman–Crippen MR) is 86.7 cm³/mol. The smallest absolute Gasteiger partial charge is 0.248 e. The maximum Gasteiger partial charge on any atom is 0.248 e. The van der Waals surface area contributed by atoms with Gasteiger partial charge >= 0.3 is 0 Å². The minimum absolute atomic E-state index is 0.186. The number of rotatable bonds is 5. The van der Waals surface area contributed by atoms with E-state index in [0.717, 1.165) is 17.0 Å². The standard InChI is InChI=1S/C17H16ClNO2/c1-2-21-16-10-8-15(9-11-16)19-17(20)12-5-13-3-6-14(18)7-4-13/h3-12H,2H2,1H3,(H,19,20). The largest absolute Gasteiger partial charge is 0.494 e. The van der Waals surface area contributed by atoms with Gasteiger partial charge in [-0.05, 0) is 55.0 Å². The molecule has 0 aliphatic carbocycles. The number of carbonyl (C=O) groups excluding carboxylic acids is 1. The number of halogens is 1. The minimum Gasteiger partial charge on any atom is -0.494 e. The average molecular weight is 302 g/mol. The van der Waals surface area contributed by atoms with Crippen molar-refractivity contribution in [3.63, 3.8) is 0 Å². The van der Waals surface area contributed by atoms with Gasteiger partial charge in [0.05, 0.1) is 6.61 Å². The molecule has 1 N–H and O–H groups in total. The summed E-state index contributed by atoms with van der Waals surface area (Å²) in [5.41, 5.74) is 1.64. The van der Waals surface area contributed by atoms with Crippen LogP contribution in [0.25, 0.3) is 6.08 Å². The summed E-state index contributed by atoms with van der Waals surface area (Å²) in [6.07, 6.45) is 3.22. The highest BCUT2D eigenvalue weighted by atomic mass is 35.5. The Hall–Kier alpha value is -2.26. The van der Waals surface area contributed by atoms with Gasteiger partial charge in [-0.1, -0.05) is 23.7 Å². The normalized spacial score (nSPS) is 10.6. The molecule has 0 radical (unpaired) electrons. The average Bonchev–Trinajstić information content (AvgIpc) is 2.49. The highest BCUT2D eigenvalue weighted by Gasteiger charge is 1.99. The van der Waals surface area contributed by atoms with E-state index in [9.17, 15) is 4.79 Å². The van der Waals surface area contributed by atoms with Crippen molar-refractivity contribution in [2.24, 2.45) is 0 Å². The fourth-order valence-corrected chi connectivity index (χ4v) is 1.86. The van der Waals surface area contributed by atoms with Gasteiger partial charge in [-0.3, -0.25) is 4.79 Å². The molecule has 0 spiro atoms. The lowest BCUT2D eigenvalue weighted by molar-refractivity contribution is -0.111. The first-order chi connectivity index (χ1) is 10.2. The fraction of sp³-hybridized carbons (Fsp3) is 0.118. The Labute approximate surface area is 129 Å². The Morgan fingerprint density at radius 2 is 1.81 bits per heavy atom. The lowest BCUT2D eigenvalue weighted by atomic mass is 10.2. The molecule has 0 aliphatic rings. The first-order valence-electron chi connectivity index (χ1n) is 6.65. The molecule has 21 heavy (non-hydrogen) atoms. The summed E-state index contributed by atoms with van der Waals surface area (Å²) in [6.45, 7) is 2.55. The van der Waals surface area contributed by atoms with Crippen molar-refractivity contribution < 1.29 is 9.53 Å². The molecule has 2 aromatic carbocycles. The molecule has 108 valence electrons. The Kier molecular flexibility index (Phi) is 5.41. The number of nitrogens with one attached hydrogen (secondary N) is 1. The van der Waals surface area contributed by atoms with Crippen molar-refractivity contribution >= 4 is 29.3 Å². The van der Waals surface area contributed by atoms with Crippen molar-refractivity contribution in [3.05, 3.63) is 65.2 Å². The number of anilines is 1. The van der Waals surface area contributed by atoms with Crippen LogP contribution in [-0.2, 0) is 4.79 Å². The zero-order valence-corrected chi connectivity index (χ0v) is 12.4. The summed E-state index contributed by atoms with van der Waals surface area (Å²) in [5, 5.41) is 3.46. The summed E-state index contributed by atoms with van der Waals surface area (Å²) in [5.74, 6) is 0.598. The molecular weight excluding hydrogens is 286 g/mol. The Morgan fingerprint density at radius 3 is 2.43 bits per heavy atom. The molecule has 4 heteroatoms. The first kappa shape index (κ1) is 15.1. The highest BCUT2D eigenvalue weighted by Crippen LogP contribution is 2.16. The lowest BCUT2D eigenvalue weighted by Crippen LogP contribution is -2.07. The molecule has 3 nitrogen and oxygen atoms in total. The van der Waals surface area contributed by atoms with E-state index in [4.69, 9.17) is 16.3 Å². The maximum absolute atomic E-state index is 11.8. The summed E-state index contributed by atoms with van der Waals surface area (Å²) in [7, 11) is 0. The van der Waals surface area contributed by atoms with E-state index >= 15 is 0 Å². The second-order valence-electron chi connectivity index (χ2n) is 4.33. The molecule has 0 bridgehead atoms. The van der Waals surface area contributed by atoms with Gasteiger partial charge in [-0.25, -0.2) is 0 Å². The molecule has 0 aromatic heterocycles. The zero-order valence-electron chi connectivity index (χ0n) is 11.7. The quantitative estimate of drug-likeness (QED) is 0.832. The van der Waals surface area contributed by atoms with Gasteiger partial charge in [0, 0.05) is 16.8 Å².